The van der Waals surface area contributed by atoms with E-state index in [-0.39, 0.29) is 17.6 Å². The summed E-state index contributed by atoms with van der Waals surface area (Å²) in [6.45, 7) is 2.08. The Hall–Kier alpha value is -2.57. The number of piperidine rings is 1. The number of hydrogen-bond donors (Lipinski definition) is 1. The maximum atomic E-state index is 13.9. The van der Waals surface area contributed by atoms with Gasteiger partial charge in [0.15, 0.2) is 0 Å². The number of hydrogen-bond acceptors (Lipinski definition) is 4. The van der Waals surface area contributed by atoms with Gasteiger partial charge in [0.05, 0.1) is 17.1 Å². The number of anilines is 1. The molecular formula is C22H22FN3OS. The molecule has 2 aromatic carbocycles. The molecule has 0 radical (unpaired) electrons. The molecular weight excluding hydrogens is 373 g/mol. The van der Waals surface area contributed by atoms with Crippen LogP contribution in [-0.2, 0) is 11.3 Å². The van der Waals surface area contributed by atoms with Crippen LogP contribution < -0.4 is 5.32 Å². The highest BCUT2D eigenvalue weighted by molar-refractivity contribution is 7.07. The van der Waals surface area contributed by atoms with Crippen molar-refractivity contribution in [2.75, 3.05) is 18.4 Å². The first-order valence-electron chi connectivity index (χ1n) is 9.44. The van der Waals surface area contributed by atoms with Crippen LogP contribution in [0.15, 0.2) is 59.4 Å². The van der Waals surface area contributed by atoms with Crippen molar-refractivity contribution in [3.63, 3.8) is 0 Å². The number of nitrogens with one attached hydrogen (secondary N) is 1. The molecule has 4 rings (SSSR count). The lowest BCUT2D eigenvalue weighted by Gasteiger charge is -2.32. The number of amides is 1. The van der Waals surface area contributed by atoms with E-state index in [0.29, 0.717) is 18.7 Å². The molecule has 1 aliphatic heterocycles. The van der Waals surface area contributed by atoms with Gasteiger partial charge in [0, 0.05) is 35.3 Å². The number of likely N-dealkylation sites (tertiary alicyclic amines) is 1. The SMILES string of the molecule is O=C(Nc1ccc(-c2cscn2)cc1)C1CCCN(Cc2ccccc2F)C1. The number of carbonyl (C=O) groups is 1. The minimum Gasteiger partial charge on any atom is -0.326 e. The number of benzene rings is 2. The van der Waals surface area contributed by atoms with Gasteiger partial charge in [0.1, 0.15) is 5.82 Å². The summed E-state index contributed by atoms with van der Waals surface area (Å²) in [5.41, 5.74) is 5.25. The van der Waals surface area contributed by atoms with E-state index in [1.165, 1.54) is 6.07 Å². The van der Waals surface area contributed by atoms with E-state index < -0.39 is 0 Å². The normalized spacial score (nSPS) is 17.4. The van der Waals surface area contributed by atoms with Crippen LogP contribution in [0.4, 0.5) is 10.1 Å². The second-order valence-corrected chi connectivity index (χ2v) is 7.82. The Balaban J connectivity index is 1.36. The minimum atomic E-state index is -0.186. The molecule has 1 saturated heterocycles. The van der Waals surface area contributed by atoms with Crippen LogP contribution in [-0.4, -0.2) is 28.9 Å². The van der Waals surface area contributed by atoms with E-state index in [1.54, 1.807) is 22.9 Å². The van der Waals surface area contributed by atoms with Gasteiger partial charge in [0.25, 0.3) is 0 Å². The van der Waals surface area contributed by atoms with Crippen molar-refractivity contribution in [2.24, 2.45) is 5.92 Å². The van der Waals surface area contributed by atoms with Gasteiger partial charge in [-0.2, -0.15) is 0 Å². The quantitative estimate of drug-likeness (QED) is 0.675. The van der Waals surface area contributed by atoms with Crippen molar-refractivity contribution in [2.45, 2.75) is 19.4 Å². The Morgan fingerprint density at radius 3 is 2.79 bits per heavy atom. The first-order chi connectivity index (χ1) is 13.7. The zero-order valence-corrected chi connectivity index (χ0v) is 16.3. The fraction of sp³-hybridized carbons (Fsp3) is 0.273. The van der Waals surface area contributed by atoms with E-state index in [0.717, 1.165) is 36.3 Å². The molecule has 1 aromatic heterocycles. The fourth-order valence-corrected chi connectivity index (χ4v) is 4.17. The Kier molecular flexibility index (Phi) is 5.78. The highest BCUT2D eigenvalue weighted by Crippen LogP contribution is 2.24. The number of thiazole rings is 1. The summed E-state index contributed by atoms with van der Waals surface area (Å²) in [6, 6.07) is 14.6. The van der Waals surface area contributed by atoms with Crippen molar-refractivity contribution in [1.82, 2.24) is 9.88 Å². The molecule has 144 valence electrons. The topological polar surface area (TPSA) is 45.2 Å². The summed E-state index contributed by atoms with van der Waals surface area (Å²) < 4.78 is 13.9. The number of rotatable bonds is 5. The molecule has 0 saturated carbocycles. The molecule has 6 heteroatoms. The molecule has 4 nitrogen and oxygen atoms in total. The second kappa shape index (κ2) is 8.63. The summed E-state index contributed by atoms with van der Waals surface area (Å²) in [7, 11) is 0. The molecule has 1 atom stereocenters. The summed E-state index contributed by atoms with van der Waals surface area (Å²) in [5.74, 6) is -0.243. The number of halogens is 1. The highest BCUT2D eigenvalue weighted by atomic mass is 32.1. The van der Waals surface area contributed by atoms with E-state index in [1.807, 2.05) is 41.8 Å². The van der Waals surface area contributed by atoms with Gasteiger partial charge in [-0.25, -0.2) is 9.37 Å². The summed E-state index contributed by atoms with van der Waals surface area (Å²) in [4.78, 5) is 19.2. The van der Waals surface area contributed by atoms with Crippen molar-refractivity contribution in [3.8, 4) is 11.3 Å². The Morgan fingerprint density at radius 1 is 1.21 bits per heavy atom. The molecule has 0 bridgehead atoms. The lowest BCUT2D eigenvalue weighted by atomic mass is 9.96. The molecule has 1 amide bonds. The monoisotopic (exact) mass is 395 g/mol. The standard InChI is InChI=1S/C22H22FN3OS/c23-20-6-2-1-4-17(20)12-26-11-3-5-18(13-26)22(27)25-19-9-7-16(8-10-19)21-14-28-15-24-21/h1-2,4,6-10,14-15,18H,3,5,11-13H2,(H,25,27). The Morgan fingerprint density at radius 2 is 2.04 bits per heavy atom. The maximum Gasteiger partial charge on any atom is 0.228 e. The predicted molar refractivity (Wildman–Crippen MR) is 111 cm³/mol. The van der Waals surface area contributed by atoms with Gasteiger partial charge < -0.3 is 5.32 Å². The third-order valence-corrected chi connectivity index (χ3v) is 5.70. The van der Waals surface area contributed by atoms with E-state index in [2.05, 4.69) is 15.2 Å². The highest BCUT2D eigenvalue weighted by Gasteiger charge is 2.26. The summed E-state index contributed by atoms with van der Waals surface area (Å²) >= 11 is 1.56. The Labute approximate surface area is 168 Å². The number of nitrogens with zero attached hydrogens (tertiary/aromatic N) is 2. The van der Waals surface area contributed by atoms with Crippen molar-refractivity contribution in [3.05, 3.63) is 70.8 Å². The third-order valence-electron chi connectivity index (χ3n) is 5.11. The smallest absolute Gasteiger partial charge is 0.228 e. The molecule has 0 spiro atoms. The van der Waals surface area contributed by atoms with Crippen LogP contribution in [0.3, 0.4) is 0 Å². The van der Waals surface area contributed by atoms with Crippen LogP contribution in [0.2, 0.25) is 0 Å². The largest absolute Gasteiger partial charge is 0.326 e. The average molecular weight is 396 g/mol. The van der Waals surface area contributed by atoms with E-state index in [9.17, 15) is 9.18 Å². The summed E-state index contributed by atoms with van der Waals surface area (Å²) in [5, 5.41) is 5.02. The van der Waals surface area contributed by atoms with Gasteiger partial charge in [-0.3, -0.25) is 9.69 Å². The molecule has 28 heavy (non-hydrogen) atoms. The van der Waals surface area contributed by atoms with Gasteiger partial charge in [-0.05, 0) is 37.6 Å². The molecule has 1 N–H and O–H groups in total. The lowest BCUT2D eigenvalue weighted by molar-refractivity contribution is -0.121. The molecule has 1 unspecified atom stereocenters. The first kappa shape index (κ1) is 18.8. The van der Waals surface area contributed by atoms with Gasteiger partial charge >= 0.3 is 0 Å². The summed E-state index contributed by atoms with van der Waals surface area (Å²) in [6.07, 6.45) is 1.80. The fourth-order valence-electron chi connectivity index (χ4n) is 3.60. The Bertz CT molecular complexity index is 927. The van der Waals surface area contributed by atoms with E-state index in [4.69, 9.17) is 0 Å². The van der Waals surface area contributed by atoms with E-state index >= 15 is 0 Å². The average Bonchev–Trinajstić information content (AvgIpc) is 3.25. The first-order valence-corrected chi connectivity index (χ1v) is 10.4. The molecule has 1 fully saturated rings. The van der Waals surface area contributed by atoms with Crippen LogP contribution >= 0.6 is 11.3 Å². The molecule has 3 aromatic rings. The second-order valence-electron chi connectivity index (χ2n) is 7.11. The molecule has 0 aliphatic carbocycles. The molecule has 2 heterocycles. The van der Waals surface area contributed by atoms with Crippen molar-refractivity contribution < 1.29 is 9.18 Å². The van der Waals surface area contributed by atoms with Crippen LogP contribution in [0.1, 0.15) is 18.4 Å². The maximum absolute atomic E-state index is 13.9. The molecule has 1 aliphatic rings. The van der Waals surface area contributed by atoms with Crippen molar-refractivity contribution in [1.29, 1.82) is 0 Å². The number of aromatic nitrogens is 1. The van der Waals surface area contributed by atoms with Gasteiger partial charge in [-0.15, -0.1) is 11.3 Å². The lowest BCUT2D eigenvalue weighted by Crippen LogP contribution is -2.40. The van der Waals surface area contributed by atoms with Crippen molar-refractivity contribution >= 4 is 22.9 Å². The van der Waals surface area contributed by atoms with Gasteiger partial charge in [-0.1, -0.05) is 30.3 Å². The zero-order chi connectivity index (χ0) is 19.3. The minimum absolute atomic E-state index is 0.0274. The van der Waals surface area contributed by atoms with Crippen LogP contribution in [0.5, 0.6) is 0 Å². The van der Waals surface area contributed by atoms with Crippen LogP contribution in [0, 0.1) is 11.7 Å². The van der Waals surface area contributed by atoms with Crippen LogP contribution in [0.25, 0.3) is 11.3 Å². The predicted octanol–water partition coefficient (Wildman–Crippen LogP) is 4.80. The zero-order valence-electron chi connectivity index (χ0n) is 15.5. The van der Waals surface area contributed by atoms with Gasteiger partial charge in [0.2, 0.25) is 5.91 Å². The third kappa shape index (κ3) is 4.46. The number of carbonyl (C=O) groups excluding carboxylic acids is 1.